The number of amides is 1. The van der Waals surface area contributed by atoms with Gasteiger partial charge in [-0.25, -0.2) is 0 Å². The maximum absolute atomic E-state index is 12.6. The van der Waals surface area contributed by atoms with Crippen LogP contribution in [0.15, 0.2) is 24.3 Å². The zero-order valence-electron chi connectivity index (χ0n) is 17.8. The summed E-state index contributed by atoms with van der Waals surface area (Å²) in [5.41, 5.74) is 3.63. The molecule has 0 radical (unpaired) electrons. The zero-order valence-corrected chi connectivity index (χ0v) is 18.6. The standard InChI is InChI=1S/C22H28BNO4S/c1-14-10-17(23-27-21(2,3)22(4,5)28-23)7-6-15(14)12-24-20(25)19-11-16-13-26-9-8-18(16)29-19/h6-7,10-11H,8-9,12-13H2,1-5H3,(H,24,25). The zero-order chi connectivity index (χ0) is 20.8. The van der Waals surface area contributed by atoms with E-state index >= 15 is 0 Å². The lowest BCUT2D eigenvalue weighted by atomic mass is 9.78. The minimum Gasteiger partial charge on any atom is -0.399 e. The molecular weight excluding hydrogens is 385 g/mol. The van der Waals surface area contributed by atoms with Gasteiger partial charge in [-0.3, -0.25) is 4.79 Å². The molecule has 154 valence electrons. The fraction of sp³-hybridized carbons (Fsp3) is 0.500. The van der Waals surface area contributed by atoms with Gasteiger partial charge < -0.3 is 19.4 Å². The first-order chi connectivity index (χ1) is 13.7. The maximum Gasteiger partial charge on any atom is 0.494 e. The normalized spacial score (nSPS) is 19.8. The minimum atomic E-state index is -0.373. The number of aryl methyl sites for hydroxylation is 1. The van der Waals surface area contributed by atoms with Gasteiger partial charge in [-0.2, -0.15) is 0 Å². The van der Waals surface area contributed by atoms with Gasteiger partial charge in [0.05, 0.1) is 29.3 Å². The van der Waals surface area contributed by atoms with Gasteiger partial charge in [0, 0.05) is 17.8 Å². The van der Waals surface area contributed by atoms with Crippen LogP contribution in [0.4, 0.5) is 0 Å². The molecule has 1 aromatic carbocycles. The lowest BCUT2D eigenvalue weighted by Gasteiger charge is -2.32. The molecule has 2 aliphatic rings. The Labute approximate surface area is 176 Å². The summed E-state index contributed by atoms with van der Waals surface area (Å²) in [7, 11) is -0.373. The van der Waals surface area contributed by atoms with Gasteiger partial charge in [-0.05, 0) is 62.8 Å². The second kappa shape index (κ2) is 7.54. The van der Waals surface area contributed by atoms with Crippen molar-refractivity contribution in [1.82, 2.24) is 5.32 Å². The van der Waals surface area contributed by atoms with Gasteiger partial charge in [-0.15, -0.1) is 11.3 Å². The number of rotatable bonds is 4. The van der Waals surface area contributed by atoms with Crippen molar-refractivity contribution in [2.75, 3.05) is 6.61 Å². The Morgan fingerprint density at radius 3 is 2.55 bits per heavy atom. The van der Waals surface area contributed by atoms with Crippen LogP contribution < -0.4 is 10.8 Å². The van der Waals surface area contributed by atoms with Crippen molar-refractivity contribution in [3.63, 3.8) is 0 Å². The number of carbonyl (C=O) groups excluding carboxylic acids is 1. The summed E-state index contributed by atoms with van der Waals surface area (Å²) in [4.78, 5) is 14.6. The number of hydrogen-bond donors (Lipinski definition) is 1. The number of benzene rings is 1. The summed E-state index contributed by atoms with van der Waals surface area (Å²) in [6.45, 7) is 12.1. The molecule has 0 atom stereocenters. The lowest BCUT2D eigenvalue weighted by molar-refractivity contribution is 0.00578. The predicted molar refractivity (Wildman–Crippen MR) is 116 cm³/mol. The molecule has 3 heterocycles. The first kappa shape index (κ1) is 20.6. The number of thiophene rings is 1. The average Bonchev–Trinajstić information content (AvgIpc) is 3.18. The Kier molecular flexibility index (Phi) is 5.36. The molecule has 0 spiro atoms. The third-order valence-corrected chi connectivity index (χ3v) is 7.42. The van der Waals surface area contributed by atoms with Crippen molar-refractivity contribution in [2.24, 2.45) is 0 Å². The molecule has 7 heteroatoms. The highest BCUT2D eigenvalue weighted by atomic mass is 32.1. The second-order valence-electron chi connectivity index (χ2n) is 8.82. The van der Waals surface area contributed by atoms with Crippen LogP contribution in [-0.2, 0) is 33.6 Å². The molecule has 2 aromatic rings. The van der Waals surface area contributed by atoms with Crippen LogP contribution >= 0.6 is 11.3 Å². The molecule has 1 N–H and O–H groups in total. The van der Waals surface area contributed by atoms with E-state index in [0.717, 1.165) is 40.1 Å². The molecule has 1 amide bonds. The molecule has 4 rings (SSSR count). The SMILES string of the molecule is Cc1cc(B2OC(C)(C)C(C)(C)O2)ccc1CNC(=O)c1cc2c(s1)CCOC2. The van der Waals surface area contributed by atoms with Crippen LogP contribution in [0.1, 0.15) is 58.9 Å². The molecule has 2 aliphatic heterocycles. The molecule has 1 aromatic heterocycles. The number of carbonyl (C=O) groups is 1. The fourth-order valence-corrected chi connectivity index (χ4v) is 4.63. The molecule has 0 bridgehead atoms. The Hall–Kier alpha value is -1.67. The molecule has 1 saturated heterocycles. The highest BCUT2D eigenvalue weighted by Gasteiger charge is 2.51. The van der Waals surface area contributed by atoms with Crippen molar-refractivity contribution in [3.05, 3.63) is 50.7 Å². The van der Waals surface area contributed by atoms with Crippen LogP contribution in [0.25, 0.3) is 0 Å². The van der Waals surface area contributed by atoms with E-state index in [-0.39, 0.29) is 24.2 Å². The van der Waals surface area contributed by atoms with E-state index in [2.05, 4.69) is 46.0 Å². The van der Waals surface area contributed by atoms with Crippen LogP contribution in [0.3, 0.4) is 0 Å². The van der Waals surface area contributed by atoms with E-state index in [9.17, 15) is 4.79 Å². The maximum atomic E-state index is 12.6. The van der Waals surface area contributed by atoms with Crippen molar-refractivity contribution in [3.8, 4) is 0 Å². The van der Waals surface area contributed by atoms with Crippen LogP contribution in [0, 0.1) is 6.92 Å². The third-order valence-electron chi connectivity index (χ3n) is 6.18. The molecule has 29 heavy (non-hydrogen) atoms. The molecule has 0 saturated carbocycles. The second-order valence-corrected chi connectivity index (χ2v) is 9.96. The quantitative estimate of drug-likeness (QED) is 0.782. The summed E-state index contributed by atoms with van der Waals surface area (Å²) < 4.78 is 17.7. The van der Waals surface area contributed by atoms with E-state index in [1.165, 1.54) is 4.88 Å². The Morgan fingerprint density at radius 1 is 1.17 bits per heavy atom. The highest BCUT2D eigenvalue weighted by molar-refractivity contribution is 7.14. The summed E-state index contributed by atoms with van der Waals surface area (Å²) >= 11 is 1.58. The average molecular weight is 413 g/mol. The van der Waals surface area contributed by atoms with E-state index in [1.54, 1.807) is 11.3 Å². The lowest BCUT2D eigenvalue weighted by Crippen LogP contribution is -2.41. The topological polar surface area (TPSA) is 56.8 Å². The molecule has 0 aliphatic carbocycles. The summed E-state index contributed by atoms with van der Waals surface area (Å²) in [6, 6.07) is 8.12. The van der Waals surface area contributed by atoms with E-state index < -0.39 is 0 Å². The first-order valence-corrected chi connectivity index (χ1v) is 10.9. The summed E-state index contributed by atoms with van der Waals surface area (Å²) in [5.74, 6) is -0.0289. The van der Waals surface area contributed by atoms with E-state index in [0.29, 0.717) is 13.2 Å². The van der Waals surface area contributed by atoms with Gasteiger partial charge in [0.15, 0.2) is 0 Å². The van der Waals surface area contributed by atoms with Crippen molar-refractivity contribution < 1.29 is 18.8 Å². The van der Waals surface area contributed by atoms with Crippen molar-refractivity contribution >= 4 is 29.8 Å². The number of hydrogen-bond acceptors (Lipinski definition) is 5. The first-order valence-electron chi connectivity index (χ1n) is 10.1. The van der Waals surface area contributed by atoms with Crippen molar-refractivity contribution in [1.29, 1.82) is 0 Å². The largest absolute Gasteiger partial charge is 0.494 e. The number of fused-ring (bicyclic) bond motifs is 1. The Morgan fingerprint density at radius 2 is 1.90 bits per heavy atom. The Bertz CT molecular complexity index is 897. The van der Waals surface area contributed by atoms with Gasteiger partial charge in [0.2, 0.25) is 0 Å². The third kappa shape index (κ3) is 4.01. The number of ether oxygens (including phenoxy) is 1. The number of nitrogens with one attached hydrogen (secondary N) is 1. The highest BCUT2D eigenvalue weighted by Crippen LogP contribution is 2.36. The smallest absolute Gasteiger partial charge is 0.399 e. The monoisotopic (exact) mass is 413 g/mol. The van der Waals surface area contributed by atoms with Crippen LogP contribution in [-0.4, -0.2) is 30.8 Å². The van der Waals surface area contributed by atoms with Crippen LogP contribution in [0.5, 0.6) is 0 Å². The van der Waals surface area contributed by atoms with Gasteiger partial charge in [0.25, 0.3) is 5.91 Å². The van der Waals surface area contributed by atoms with E-state index in [4.69, 9.17) is 14.0 Å². The van der Waals surface area contributed by atoms with Crippen molar-refractivity contribution in [2.45, 2.75) is 65.4 Å². The van der Waals surface area contributed by atoms with Crippen LogP contribution in [0.2, 0.25) is 0 Å². The van der Waals surface area contributed by atoms with Gasteiger partial charge >= 0.3 is 7.12 Å². The Balaban J connectivity index is 1.41. The molecule has 0 unspecified atom stereocenters. The minimum absolute atomic E-state index is 0.0289. The summed E-state index contributed by atoms with van der Waals surface area (Å²) in [6.07, 6.45) is 0.896. The fourth-order valence-electron chi connectivity index (χ4n) is 3.56. The van der Waals surface area contributed by atoms with Gasteiger partial charge in [-0.1, -0.05) is 18.2 Å². The summed E-state index contributed by atoms with van der Waals surface area (Å²) in [5, 5.41) is 3.05. The predicted octanol–water partition coefficient (Wildman–Crippen LogP) is 3.36. The molecule has 5 nitrogen and oxygen atoms in total. The van der Waals surface area contributed by atoms with E-state index in [1.807, 2.05) is 18.2 Å². The molecular formula is C22H28BNO4S. The molecule has 1 fully saturated rings. The van der Waals surface area contributed by atoms with Gasteiger partial charge in [0.1, 0.15) is 0 Å².